The van der Waals surface area contributed by atoms with Gasteiger partial charge >= 0.3 is 0 Å². The van der Waals surface area contributed by atoms with E-state index in [2.05, 4.69) is 19.9 Å². The Labute approximate surface area is 123 Å². The molecule has 2 aromatic heterocycles. The molecule has 0 fully saturated rings. The number of halogens is 3. The highest BCUT2D eigenvalue weighted by Gasteiger charge is 2.14. The smallest absolute Gasteiger partial charge is 0.225 e. The summed E-state index contributed by atoms with van der Waals surface area (Å²) in [6.07, 6.45) is 0. The summed E-state index contributed by atoms with van der Waals surface area (Å²) in [6.45, 7) is 0. The molecule has 0 unspecified atom stereocenters. The molecule has 0 bridgehead atoms. The first-order valence-corrected chi connectivity index (χ1v) is 6.40. The van der Waals surface area contributed by atoms with Crippen LogP contribution in [-0.2, 0) is 0 Å². The van der Waals surface area contributed by atoms with E-state index >= 15 is 0 Å². The van der Waals surface area contributed by atoms with Gasteiger partial charge in [-0.15, -0.1) is 0 Å². The minimum atomic E-state index is 0.0824. The van der Waals surface area contributed by atoms with Crippen LogP contribution in [0.4, 0.5) is 0 Å². The highest BCUT2D eigenvalue weighted by Crippen LogP contribution is 2.28. The lowest BCUT2D eigenvalue weighted by Crippen LogP contribution is -1.97. The maximum absolute atomic E-state index is 5.90. The zero-order valence-corrected chi connectivity index (χ0v) is 11.6. The van der Waals surface area contributed by atoms with E-state index in [1.807, 2.05) is 30.3 Å². The fourth-order valence-corrected chi connectivity index (χ4v) is 2.09. The molecule has 2 heterocycles. The van der Waals surface area contributed by atoms with Crippen molar-refractivity contribution in [2.45, 2.75) is 0 Å². The molecule has 3 rings (SSSR count). The predicted molar refractivity (Wildman–Crippen MR) is 75.6 cm³/mol. The van der Waals surface area contributed by atoms with Crippen LogP contribution < -0.4 is 0 Å². The van der Waals surface area contributed by atoms with Gasteiger partial charge in [0.2, 0.25) is 5.28 Å². The molecule has 0 radical (unpaired) electrons. The van der Waals surface area contributed by atoms with Crippen molar-refractivity contribution < 1.29 is 0 Å². The third-order valence-electron chi connectivity index (χ3n) is 2.47. The highest BCUT2D eigenvalue weighted by molar-refractivity contribution is 6.40. The van der Waals surface area contributed by atoms with Crippen molar-refractivity contribution in [1.29, 1.82) is 0 Å². The number of nitrogens with zero attached hydrogens (tertiary/aromatic N) is 4. The van der Waals surface area contributed by atoms with E-state index in [0.29, 0.717) is 16.9 Å². The minimum absolute atomic E-state index is 0.0824. The lowest BCUT2D eigenvalue weighted by Gasteiger charge is -2.05. The van der Waals surface area contributed by atoms with Crippen molar-refractivity contribution in [2.24, 2.45) is 0 Å². The van der Waals surface area contributed by atoms with E-state index in [4.69, 9.17) is 34.8 Å². The Hall–Kier alpha value is -1.49. The van der Waals surface area contributed by atoms with Crippen LogP contribution in [0.3, 0.4) is 0 Å². The zero-order chi connectivity index (χ0) is 13.4. The molecule has 19 heavy (non-hydrogen) atoms. The Kier molecular flexibility index (Phi) is 3.22. The van der Waals surface area contributed by atoms with Crippen LogP contribution >= 0.6 is 34.8 Å². The largest absolute Gasteiger partial charge is 0.227 e. The number of rotatable bonds is 1. The van der Waals surface area contributed by atoms with Crippen molar-refractivity contribution in [3.8, 4) is 11.3 Å². The van der Waals surface area contributed by atoms with Crippen molar-refractivity contribution in [3.63, 3.8) is 0 Å². The molecule has 0 saturated carbocycles. The lowest BCUT2D eigenvalue weighted by atomic mass is 10.1. The van der Waals surface area contributed by atoms with E-state index < -0.39 is 0 Å². The number of aromatic nitrogens is 4. The van der Waals surface area contributed by atoms with Crippen LogP contribution in [0.15, 0.2) is 30.3 Å². The van der Waals surface area contributed by atoms with Gasteiger partial charge in [-0.25, -0.2) is 15.0 Å². The molecule has 94 valence electrons. The molecule has 0 aliphatic rings. The molecule has 0 aliphatic carbocycles. The lowest BCUT2D eigenvalue weighted by molar-refractivity contribution is 1.15. The predicted octanol–water partition coefficient (Wildman–Crippen LogP) is 4.05. The topological polar surface area (TPSA) is 51.6 Å². The van der Waals surface area contributed by atoms with E-state index in [1.54, 1.807) is 0 Å². The monoisotopic (exact) mass is 310 g/mol. The Morgan fingerprint density at radius 2 is 1.42 bits per heavy atom. The summed E-state index contributed by atoms with van der Waals surface area (Å²) in [7, 11) is 0. The second kappa shape index (κ2) is 4.89. The molecule has 7 heteroatoms. The highest BCUT2D eigenvalue weighted by atomic mass is 35.5. The van der Waals surface area contributed by atoms with Crippen LogP contribution in [0.1, 0.15) is 0 Å². The fraction of sp³-hybridized carbons (Fsp3) is 0. The first-order valence-electron chi connectivity index (χ1n) is 5.27. The van der Waals surface area contributed by atoms with Crippen molar-refractivity contribution >= 4 is 46.0 Å². The number of fused-ring (bicyclic) bond motifs is 1. The molecule has 4 nitrogen and oxygen atoms in total. The summed E-state index contributed by atoms with van der Waals surface area (Å²) in [5, 5.41) is 0.277. The van der Waals surface area contributed by atoms with Gasteiger partial charge in [-0.2, -0.15) is 4.98 Å². The normalized spacial score (nSPS) is 10.9. The standard InChI is InChI=1S/C12H5Cl3N4/c13-9-10(14)18-11-8(16-9)7(17-12(15)19-11)6-4-2-1-3-5-6/h1-5H. The van der Waals surface area contributed by atoms with Crippen molar-refractivity contribution in [1.82, 2.24) is 19.9 Å². The SMILES string of the molecule is Clc1nc(-c2ccccc2)c2nc(Cl)c(Cl)nc2n1. The quantitative estimate of drug-likeness (QED) is 0.636. The summed E-state index contributed by atoms with van der Waals surface area (Å²) in [6, 6.07) is 9.47. The van der Waals surface area contributed by atoms with Gasteiger partial charge in [-0.1, -0.05) is 53.5 Å². The molecule has 0 amide bonds. The number of hydrogen-bond donors (Lipinski definition) is 0. The molecule has 0 atom stereocenters. The van der Waals surface area contributed by atoms with E-state index in [-0.39, 0.29) is 15.6 Å². The maximum atomic E-state index is 5.90. The summed E-state index contributed by atoms with van der Waals surface area (Å²) in [5.74, 6) is 0. The molecule has 0 aliphatic heterocycles. The second-order valence-corrected chi connectivity index (χ2v) is 4.74. The van der Waals surface area contributed by atoms with Crippen molar-refractivity contribution in [3.05, 3.63) is 45.9 Å². The van der Waals surface area contributed by atoms with Gasteiger partial charge in [0, 0.05) is 5.56 Å². The average molecular weight is 312 g/mol. The van der Waals surface area contributed by atoms with E-state index in [0.717, 1.165) is 5.56 Å². The second-order valence-electron chi connectivity index (χ2n) is 3.68. The number of benzene rings is 1. The van der Waals surface area contributed by atoms with E-state index in [9.17, 15) is 0 Å². The summed E-state index contributed by atoms with van der Waals surface area (Å²) in [4.78, 5) is 16.4. The summed E-state index contributed by atoms with van der Waals surface area (Å²) >= 11 is 17.6. The van der Waals surface area contributed by atoms with Crippen LogP contribution in [-0.4, -0.2) is 19.9 Å². The van der Waals surface area contributed by atoms with Gasteiger partial charge in [0.15, 0.2) is 16.0 Å². The van der Waals surface area contributed by atoms with Gasteiger partial charge < -0.3 is 0 Å². The Morgan fingerprint density at radius 1 is 0.737 bits per heavy atom. The van der Waals surface area contributed by atoms with Crippen LogP contribution in [0.25, 0.3) is 22.4 Å². The Bertz CT molecular complexity index is 762. The maximum Gasteiger partial charge on any atom is 0.225 e. The number of hydrogen-bond acceptors (Lipinski definition) is 4. The third-order valence-corrected chi connectivity index (χ3v) is 3.26. The van der Waals surface area contributed by atoms with Gasteiger partial charge in [0.1, 0.15) is 11.2 Å². The van der Waals surface area contributed by atoms with Gasteiger partial charge in [-0.3, -0.25) is 0 Å². The minimum Gasteiger partial charge on any atom is -0.227 e. The van der Waals surface area contributed by atoms with Crippen LogP contribution in [0.2, 0.25) is 15.6 Å². The molecule has 0 spiro atoms. The van der Waals surface area contributed by atoms with Gasteiger partial charge in [-0.05, 0) is 11.6 Å². The molecule has 1 aromatic carbocycles. The summed E-state index contributed by atoms with van der Waals surface area (Å²) in [5.41, 5.74) is 2.20. The van der Waals surface area contributed by atoms with Crippen molar-refractivity contribution in [2.75, 3.05) is 0 Å². The molecular weight excluding hydrogens is 307 g/mol. The van der Waals surface area contributed by atoms with Crippen LogP contribution in [0.5, 0.6) is 0 Å². The Morgan fingerprint density at radius 3 is 2.16 bits per heavy atom. The average Bonchev–Trinajstić information content (AvgIpc) is 2.41. The zero-order valence-electron chi connectivity index (χ0n) is 9.31. The van der Waals surface area contributed by atoms with Gasteiger partial charge in [0.05, 0.1) is 0 Å². The molecule has 3 aromatic rings. The first-order chi connectivity index (χ1) is 9.15. The van der Waals surface area contributed by atoms with Gasteiger partial charge in [0.25, 0.3) is 0 Å². The first kappa shape index (κ1) is 12.5. The molecule has 0 N–H and O–H groups in total. The third kappa shape index (κ3) is 2.34. The molecular formula is C12H5Cl3N4. The molecule has 0 saturated heterocycles. The van der Waals surface area contributed by atoms with Crippen LogP contribution in [0, 0.1) is 0 Å². The Balaban J connectivity index is 2.38. The fourth-order valence-electron chi connectivity index (χ4n) is 1.68. The van der Waals surface area contributed by atoms with E-state index in [1.165, 1.54) is 0 Å². The summed E-state index contributed by atoms with van der Waals surface area (Å²) < 4.78 is 0.